The number of piperidine rings is 1. The van der Waals surface area contributed by atoms with Crippen molar-refractivity contribution < 1.29 is 4.79 Å². The first-order valence-corrected chi connectivity index (χ1v) is 8.13. The van der Waals surface area contributed by atoms with Crippen molar-refractivity contribution in [3.05, 3.63) is 46.4 Å². The summed E-state index contributed by atoms with van der Waals surface area (Å²) in [5, 5.41) is 6.25. The van der Waals surface area contributed by atoms with Gasteiger partial charge in [-0.15, -0.1) is 11.3 Å². The van der Waals surface area contributed by atoms with E-state index in [-0.39, 0.29) is 11.9 Å². The van der Waals surface area contributed by atoms with E-state index in [0.29, 0.717) is 0 Å². The molecular weight excluding hydrogens is 282 g/mol. The number of carbonyl (C=O) groups excluding carboxylic acids is 1. The summed E-state index contributed by atoms with van der Waals surface area (Å²) in [6.07, 6.45) is 10.7. The quantitative estimate of drug-likeness (QED) is 0.816. The number of amides is 1. The molecule has 3 rings (SSSR count). The number of likely N-dealkylation sites (tertiary alicyclic amines) is 1. The van der Waals surface area contributed by atoms with Gasteiger partial charge in [-0.2, -0.15) is 5.10 Å². The maximum atomic E-state index is 12.5. The summed E-state index contributed by atoms with van der Waals surface area (Å²) in [7, 11) is 1.91. The molecule has 2 aromatic rings. The molecule has 1 aliphatic heterocycles. The van der Waals surface area contributed by atoms with Crippen LogP contribution < -0.4 is 0 Å². The highest BCUT2D eigenvalue weighted by Crippen LogP contribution is 2.30. The van der Waals surface area contributed by atoms with Crippen molar-refractivity contribution in [3.8, 4) is 0 Å². The molecule has 0 spiro atoms. The van der Waals surface area contributed by atoms with Crippen molar-refractivity contribution in [1.29, 1.82) is 0 Å². The van der Waals surface area contributed by atoms with Gasteiger partial charge in [0.15, 0.2) is 0 Å². The lowest BCUT2D eigenvalue weighted by Crippen LogP contribution is -2.37. The Bertz CT molecular complexity index is 630. The lowest BCUT2D eigenvalue weighted by Gasteiger charge is -2.34. The van der Waals surface area contributed by atoms with Crippen molar-refractivity contribution in [2.75, 3.05) is 6.54 Å². The first kappa shape index (κ1) is 14.1. The van der Waals surface area contributed by atoms with E-state index >= 15 is 0 Å². The van der Waals surface area contributed by atoms with Crippen LogP contribution in [0.2, 0.25) is 0 Å². The lowest BCUT2D eigenvalue weighted by molar-refractivity contribution is -0.129. The van der Waals surface area contributed by atoms with Gasteiger partial charge in [0.2, 0.25) is 5.91 Å². The fraction of sp³-hybridized carbons (Fsp3) is 0.375. The second kappa shape index (κ2) is 6.26. The van der Waals surface area contributed by atoms with E-state index in [1.165, 1.54) is 0 Å². The molecule has 1 aliphatic rings. The van der Waals surface area contributed by atoms with Gasteiger partial charge in [-0.1, -0.05) is 6.07 Å². The molecule has 0 bridgehead atoms. The molecule has 3 heterocycles. The summed E-state index contributed by atoms with van der Waals surface area (Å²) in [5.41, 5.74) is 1.13. The molecule has 0 aliphatic carbocycles. The number of thiophene rings is 1. The van der Waals surface area contributed by atoms with Crippen molar-refractivity contribution in [3.63, 3.8) is 0 Å². The monoisotopic (exact) mass is 301 g/mol. The first-order chi connectivity index (χ1) is 10.2. The predicted molar refractivity (Wildman–Crippen MR) is 84.9 cm³/mol. The molecule has 1 amide bonds. The van der Waals surface area contributed by atoms with Crippen molar-refractivity contribution >= 4 is 23.3 Å². The highest BCUT2D eigenvalue weighted by molar-refractivity contribution is 7.10. The third-order valence-electron chi connectivity index (χ3n) is 3.83. The molecule has 1 saturated heterocycles. The second-order valence-electron chi connectivity index (χ2n) is 5.34. The number of aryl methyl sites for hydroxylation is 1. The molecular formula is C16H19N3OS. The minimum Gasteiger partial charge on any atom is -0.332 e. The highest BCUT2D eigenvalue weighted by Gasteiger charge is 2.27. The number of aromatic nitrogens is 2. The molecule has 0 aromatic carbocycles. The van der Waals surface area contributed by atoms with E-state index in [0.717, 1.165) is 36.2 Å². The predicted octanol–water partition coefficient (Wildman–Crippen LogP) is 3.25. The summed E-state index contributed by atoms with van der Waals surface area (Å²) in [6, 6.07) is 4.17. The minimum absolute atomic E-state index is 0.0944. The topological polar surface area (TPSA) is 38.1 Å². The largest absolute Gasteiger partial charge is 0.332 e. The van der Waals surface area contributed by atoms with Crippen LogP contribution in [0.25, 0.3) is 6.08 Å². The Hall–Kier alpha value is -1.88. The number of carbonyl (C=O) groups is 1. The summed E-state index contributed by atoms with van der Waals surface area (Å²) in [5.74, 6) is 0.0944. The van der Waals surface area contributed by atoms with Crippen molar-refractivity contribution in [2.45, 2.75) is 25.3 Å². The van der Waals surface area contributed by atoms with Gasteiger partial charge >= 0.3 is 0 Å². The van der Waals surface area contributed by atoms with Gasteiger partial charge in [0.1, 0.15) is 0 Å². The van der Waals surface area contributed by atoms with Crippen LogP contribution >= 0.6 is 11.3 Å². The second-order valence-corrected chi connectivity index (χ2v) is 6.32. The maximum Gasteiger partial charge on any atom is 0.247 e. The van der Waals surface area contributed by atoms with Crippen molar-refractivity contribution in [2.24, 2.45) is 7.05 Å². The van der Waals surface area contributed by atoms with E-state index in [4.69, 9.17) is 0 Å². The van der Waals surface area contributed by atoms with Crippen LogP contribution in [-0.4, -0.2) is 27.1 Å². The smallest absolute Gasteiger partial charge is 0.247 e. The van der Waals surface area contributed by atoms with Gasteiger partial charge in [-0.05, 0) is 36.8 Å². The van der Waals surface area contributed by atoms with Gasteiger partial charge in [-0.3, -0.25) is 9.48 Å². The summed E-state index contributed by atoms with van der Waals surface area (Å²) in [6.45, 7) is 0.827. The molecule has 0 radical (unpaired) electrons. The standard InChI is InChI=1S/C16H19N3OS/c1-18-12-13(11-17-18)15-6-2-3-9-19(15)16(20)8-7-14-5-4-10-21-14/h4-5,7-8,10-12,15H,2-3,6,9H2,1H3/b8-7+. The Balaban J connectivity index is 1.76. The van der Waals surface area contributed by atoms with Gasteiger partial charge < -0.3 is 4.90 Å². The van der Waals surface area contributed by atoms with E-state index in [1.807, 2.05) is 47.9 Å². The fourth-order valence-electron chi connectivity index (χ4n) is 2.79. The molecule has 2 aromatic heterocycles. The molecule has 0 N–H and O–H groups in total. The average molecular weight is 301 g/mol. The van der Waals surface area contributed by atoms with E-state index in [9.17, 15) is 4.79 Å². The zero-order valence-electron chi connectivity index (χ0n) is 12.1. The molecule has 5 heteroatoms. The number of hydrogen-bond donors (Lipinski definition) is 0. The fourth-order valence-corrected chi connectivity index (χ4v) is 3.41. The number of nitrogens with zero attached hydrogens (tertiary/aromatic N) is 3. The van der Waals surface area contributed by atoms with E-state index in [2.05, 4.69) is 5.10 Å². The summed E-state index contributed by atoms with van der Waals surface area (Å²) >= 11 is 1.64. The van der Waals surface area contributed by atoms with Crippen LogP contribution in [0, 0.1) is 0 Å². The third kappa shape index (κ3) is 3.24. The Morgan fingerprint density at radius 3 is 3.10 bits per heavy atom. The molecule has 21 heavy (non-hydrogen) atoms. The molecule has 0 saturated carbocycles. The van der Waals surface area contributed by atoms with E-state index in [1.54, 1.807) is 22.1 Å². The normalized spacial score (nSPS) is 19.3. The zero-order valence-corrected chi connectivity index (χ0v) is 12.9. The highest BCUT2D eigenvalue weighted by atomic mass is 32.1. The lowest BCUT2D eigenvalue weighted by atomic mass is 9.97. The summed E-state index contributed by atoms with van der Waals surface area (Å²) < 4.78 is 1.80. The molecule has 4 nitrogen and oxygen atoms in total. The Labute approximate surface area is 128 Å². The van der Waals surface area contributed by atoms with Crippen LogP contribution in [0.1, 0.15) is 35.7 Å². The van der Waals surface area contributed by atoms with Crippen LogP contribution in [-0.2, 0) is 11.8 Å². The van der Waals surface area contributed by atoms with Crippen LogP contribution in [0.4, 0.5) is 0 Å². The average Bonchev–Trinajstić information content (AvgIpc) is 3.16. The Kier molecular flexibility index (Phi) is 4.20. The minimum atomic E-state index is 0.0944. The van der Waals surface area contributed by atoms with Crippen molar-refractivity contribution in [1.82, 2.24) is 14.7 Å². The van der Waals surface area contributed by atoms with Crippen LogP contribution in [0.15, 0.2) is 36.0 Å². The van der Waals surface area contributed by atoms with Gasteiger partial charge in [0, 0.05) is 36.3 Å². The van der Waals surface area contributed by atoms with Gasteiger partial charge in [-0.25, -0.2) is 0 Å². The van der Waals surface area contributed by atoms with Gasteiger partial charge in [0.05, 0.1) is 12.2 Å². The SMILES string of the molecule is Cn1cc(C2CCCCN2C(=O)/C=C/c2cccs2)cn1. The number of hydrogen-bond acceptors (Lipinski definition) is 3. The zero-order chi connectivity index (χ0) is 14.7. The van der Waals surface area contributed by atoms with Gasteiger partial charge in [0.25, 0.3) is 0 Å². The maximum absolute atomic E-state index is 12.5. The third-order valence-corrected chi connectivity index (χ3v) is 4.67. The Morgan fingerprint density at radius 2 is 2.38 bits per heavy atom. The molecule has 1 unspecified atom stereocenters. The van der Waals surface area contributed by atoms with E-state index < -0.39 is 0 Å². The molecule has 110 valence electrons. The summed E-state index contributed by atoms with van der Waals surface area (Å²) in [4.78, 5) is 15.6. The Morgan fingerprint density at radius 1 is 1.48 bits per heavy atom. The van der Waals surface area contributed by atoms with Crippen LogP contribution in [0.3, 0.4) is 0 Å². The number of rotatable bonds is 3. The van der Waals surface area contributed by atoms with Crippen LogP contribution in [0.5, 0.6) is 0 Å². The first-order valence-electron chi connectivity index (χ1n) is 7.25. The molecule has 1 atom stereocenters. The molecule has 1 fully saturated rings.